The fraction of sp³-hybridized carbons (Fsp3) is 0.150. The molecule has 1 atom stereocenters. The van der Waals surface area contributed by atoms with Crippen molar-refractivity contribution >= 4 is 34.0 Å². The van der Waals surface area contributed by atoms with Crippen LogP contribution in [0.4, 0.5) is 5.69 Å². The van der Waals surface area contributed by atoms with Gasteiger partial charge in [-0.25, -0.2) is 0 Å². The van der Waals surface area contributed by atoms with Gasteiger partial charge in [0.25, 0.3) is 5.91 Å². The van der Waals surface area contributed by atoms with Crippen LogP contribution < -0.4 is 14.8 Å². The van der Waals surface area contributed by atoms with Crippen LogP contribution in [-0.4, -0.2) is 19.1 Å². The van der Waals surface area contributed by atoms with Crippen molar-refractivity contribution in [2.45, 2.75) is 13.0 Å². The Balaban J connectivity index is 1.73. The molecule has 0 aliphatic heterocycles. The van der Waals surface area contributed by atoms with Crippen LogP contribution in [0.25, 0.3) is 10.8 Å². The van der Waals surface area contributed by atoms with E-state index in [1.807, 2.05) is 42.5 Å². The number of carbonyl (C=O) groups is 1. The van der Waals surface area contributed by atoms with Crippen molar-refractivity contribution in [2.75, 3.05) is 12.4 Å². The second-order valence-electron chi connectivity index (χ2n) is 5.58. The first kappa shape index (κ1) is 17.1. The highest BCUT2D eigenvalue weighted by Gasteiger charge is 2.16. The van der Waals surface area contributed by atoms with Gasteiger partial charge in [0.1, 0.15) is 11.5 Å². The number of benzene rings is 3. The quantitative estimate of drug-likeness (QED) is 0.707. The molecule has 3 aromatic carbocycles. The number of hydrogen-bond donors (Lipinski definition) is 1. The highest BCUT2D eigenvalue weighted by Crippen LogP contribution is 2.28. The smallest absolute Gasteiger partial charge is 0.265 e. The Bertz CT molecular complexity index is 905. The van der Waals surface area contributed by atoms with E-state index in [1.165, 1.54) is 0 Å². The van der Waals surface area contributed by atoms with Crippen LogP contribution in [0.1, 0.15) is 6.92 Å². The van der Waals surface area contributed by atoms with Crippen molar-refractivity contribution in [3.63, 3.8) is 0 Å². The Hall–Kier alpha value is -2.72. The minimum Gasteiger partial charge on any atom is -0.495 e. The topological polar surface area (TPSA) is 47.6 Å². The Morgan fingerprint density at radius 2 is 1.80 bits per heavy atom. The van der Waals surface area contributed by atoms with Crippen LogP contribution in [0.5, 0.6) is 11.5 Å². The van der Waals surface area contributed by atoms with Gasteiger partial charge in [-0.2, -0.15) is 0 Å². The van der Waals surface area contributed by atoms with Gasteiger partial charge in [0.2, 0.25) is 0 Å². The number of hydrogen-bond acceptors (Lipinski definition) is 3. The summed E-state index contributed by atoms with van der Waals surface area (Å²) >= 11 is 6.08. The molecule has 0 aliphatic rings. The summed E-state index contributed by atoms with van der Waals surface area (Å²) in [5.41, 5.74) is 0.587. The molecule has 0 heterocycles. The number of nitrogens with one attached hydrogen (secondary N) is 1. The molecule has 25 heavy (non-hydrogen) atoms. The molecule has 128 valence electrons. The lowest BCUT2D eigenvalue weighted by Crippen LogP contribution is -2.30. The molecule has 0 aromatic heterocycles. The lowest BCUT2D eigenvalue weighted by Gasteiger charge is -2.16. The van der Waals surface area contributed by atoms with E-state index in [9.17, 15) is 4.79 Å². The average molecular weight is 356 g/mol. The molecule has 0 saturated heterocycles. The highest BCUT2D eigenvalue weighted by molar-refractivity contribution is 6.32. The third kappa shape index (κ3) is 3.86. The Kier molecular flexibility index (Phi) is 5.10. The number of amides is 1. The summed E-state index contributed by atoms with van der Waals surface area (Å²) in [6.07, 6.45) is -0.660. The van der Waals surface area contributed by atoms with E-state index in [-0.39, 0.29) is 5.91 Å². The first-order valence-electron chi connectivity index (χ1n) is 7.87. The van der Waals surface area contributed by atoms with Gasteiger partial charge in [-0.3, -0.25) is 4.79 Å². The van der Waals surface area contributed by atoms with Crippen molar-refractivity contribution in [1.29, 1.82) is 0 Å². The molecule has 1 amide bonds. The zero-order valence-corrected chi connectivity index (χ0v) is 14.7. The van der Waals surface area contributed by atoms with Gasteiger partial charge in [-0.1, -0.05) is 48.0 Å². The van der Waals surface area contributed by atoms with E-state index in [1.54, 1.807) is 32.2 Å². The molecule has 0 saturated carbocycles. The van der Waals surface area contributed by atoms with Gasteiger partial charge in [-0.15, -0.1) is 0 Å². The summed E-state index contributed by atoms with van der Waals surface area (Å²) in [6, 6.07) is 18.7. The SMILES string of the molecule is COc1ccc(NC(=O)[C@H](C)Oc2cccc3ccccc23)cc1Cl. The summed E-state index contributed by atoms with van der Waals surface area (Å²) < 4.78 is 11.0. The number of fused-ring (bicyclic) bond motifs is 1. The number of halogens is 1. The van der Waals surface area contributed by atoms with Gasteiger partial charge in [0, 0.05) is 11.1 Å². The van der Waals surface area contributed by atoms with Gasteiger partial charge < -0.3 is 14.8 Å². The summed E-state index contributed by atoms with van der Waals surface area (Å²) in [4.78, 5) is 12.4. The zero-order chi connectivity index (χ0) is 17.8. The Morgan fingerprint density at radius 3 is 2.56 bits per heavy atom. The van der Waals surface area contributed by atoms with Crippen LogP contribution in [0, 0.1) is 0 Å². The molecule has 3 rings (SSSR count). The number of methoxy groups -OCH3 is 1. The summed E-state index contributed by atoms with van der Waals surface area (Å²) in [5, 5.41) is 5.27. The Labute approximate surface area is 151 Å². The molecule has 4 nitrogen and oxygen atoms in total. The second kappa shape index (κ2) is 7.45. The zero-order valence-electron chi connectivity index (χ0n) is 14.0. The fourth-order valence-electron chi connectivity index (χ4n) is 2.53. The molecular formula is C20H18ClNO3. The van der Waals surface area contributed by atoms with Crippen molar-refractivity contribution < 1.29 is 14.3 Å². The molecule has 5 heteroatoms. The van der Waals surface area contributed by atoms with E-state index in [4.69, 9.17) is 21.1 Å². The minimum atomic E-state index is -0.660. The fourth-order valence-corrected chi connectivity index (χ4v) is 2.79. The van der Waals surface area contributed by atoms with E-state index in [0.29, 0.717) is 22.2 Å². The molecule has 3 aromatic rings. The van der Waals surface area contributed by atoms with Crippen molar-refractivity contribution in [2.24, 2.45) is 0 Å². The van der Waals surface area contributed by atoms with Gasteiger partial charge in [-0.05, 0) is 36.6 Å². The van der Waals surface area contributed by atoms with E-state index in [0.717, 1.165) is 10.8 Å². The molecule has 0 spiro atoms. The Morgan fingerprint density at radius 1 is 1.04 bits per heavy atom. The van der Waals surface area contributed by atoms with Crippen LogP contribution in [0.2, 0.25) is 5.02 Å². The third-order valence-corrected chi connectivity index (χ3v) is 4.14. The lowest BCUT2D eigenvalue weighted by atomic mass is 10.1. The molecule has 1 N–H and O–H groups in total. The van der Waals surface area contributed by atoms with Crippen molar-refractivity contribution in [3.05, 3.63) is 65.7 Å². The standard InChI is InChI=1S/C20H18ClNO3/c1-13(20(23)22-15-10-11-19(24-2)17(21)12-15)25-18-9-5-7-14-6-3-4-8-16(14)18/h3-13H,1-2H3,(H,22,23)/t13-/m0/s1. The number of anilines is 1. The lowest BCUT2D eigenvalue weighted by molar-refractivity contribution is -0.122. The molecule has 0 unspecified atom stereocenters. The maximum Gasteiger partial charge on any atom is 0.265 e. The number of ether oxygens (including phenoxy) is 2. The summed E-state index contributed by atoms with van der Waals surface area (Å²) in [7, 11) is 1.54. The van der Waals surface area contributed by atoms with Gasteiger partial charge >= 0.3 is 0 Å². The number of rotatable bonds is 5. The molecule has 0 aliphatic carbocycles. The molecule has 0 radical (unpaired) electrons. The largest absolute Gasteiger partial charge is 0.495 e. The first-order valence-corrected chi connectivity index (χ1v) is 8.25. The monoisotopic (exact) mass is 355 g/mol. The highest BCUT2D eigenvalue weighted by atomic mass is 35.5. The van der Waals surface area contributed by atoms with E-state index >= 15 is 0 Å². The predicted octanol–water partition coefficient (Wildman–Crippen LogP) is 4.91. The number of carbonyl (C=O) groups excluding carboxylic acids is 1. The van der Waals surface area contributed by atoms with Crippen LogP contribution in [-0.2, 0) is 4.79 Å². The first-order chi connectivity index (χ1) is 12.1. The van der Waals surface area contributed by atoms with Crippen molar-refractivity contribution in [3.8, 4) is 11.5 Å². The molecule has 0 bridgehead atoms. The van der Waals surface area contributed by atoms with Gasteiger partial charge in [0.05, 0.1) is 12.1 Å². The molecular weight excluding hydrogens is 338 g/mol. The minimum absolute atomic E-state index is 0.255. The summed E-state index contributed by atoms with van der Waals surface area (Å²) in [6.45, 7) is 1.71. The van der Waals surface area contributed by atoms with Crippen LogP contribution >= 0.6 is 11.6 Å². The predicted molar refractivity (Wildman–Crippen MR) is 101 cm³/mol. The summed E-state index contributed by atoms with van der Waals surface area (Å²) in [5.74, 6) is 0.974. The van der Waals surface area contributed by atoms with Crippen LogP contribution in [0.3, 0.4) is 0 Å². The molecule has 0 fully saturated rings. The maximum absolute atomic E-state index is 12.4. The van der Waals surface area contributed by atoms with E-state index in [2.05, 4.69) is 5.32 Å². The second-order valence-corrected chi connectivity index (χ2v) is 5.98. The van der Waals surface area contributed by atoms with Crippen molar-refractivity contribution in [1.82, 2.24) is 0 Å². The maximum atomic E-state index is 12.4. The van der Waals surface area contributed by atoms with Crippen LogP contribution in [0.15, 0.2) is 60.7 Å². The third-order valence-electron chi connectivity index (χ3n) is 3.84. The van der Waals surface area contributed by atoms with E-state index < -0.39 is 6.10 Å². The van der Waals surface area contributed by atoms with Gasteiger partial charge in [0.15, 0.2) is 6.10 Å². The average Bonchev–Trinajstić information content (AvgIpc) is 2.62. The normalized spacial score (nSPS) is 11.8.